The molecule has 9 heavy (non-hydrogen) atoms. The van der Waals surface area contributed by atoms with Crippen molar-refractivity contribution in [2.24, 2.45) is 11.5 Å². The molecule has 0 aliphatic heterocycles. The van der Waals surface area contributed by atoms with E-state index >= 15 is 0 Å². The standard InChI is InChI=1S/C3H5NO.CH3NS2/c1-2-3(4)5;2-1(3)4/h2H,1H2,(H2,4,5);(H3,2,3,4). The zero-order valence-electron chi connectivity index (χ0n) is 4.70. The average Bonchev–Trinajstić information content (AvgIpc) is 1.65. The molecule has 0 radical (unpaired) electrons. The molecule has 0 aromatic rings. The van der Waals surface area contributed by atoms with E-state index in [0.29, 0.717) is 0 Å². The minimum Gasteiger partial charge on any atom is -0.385 e. The molecule has 0 bridgehead atoms. The molecule has 0 aliphatic carbocycles. The Morgan fingerprint density at radius 3 is 1.78 bits per heavy atom. The van der Waals surface area contributed by atoms with Crippen molar-refractivity contribution < 1.29 is 4.79 Å². The molecular weight excluding hydrogens is 156 g/mol. The molecule has 0 saturated heterocycles. The van der Waals surface area contributed by atoms with E-state index in [-0.39, 0.29) is 4.32 Å². The van der Waals surface area contributed by atoms with Gasteiger partial charge in [-0.05, 0) is 6.08 Å². The maximum atomic E-state index is 9.47. The number of carbonyl (C=O) groups is 1. The van der Waals surface area contributed by atoms with Gasteiger partial charge in [-0.1, -0.05) is 18.8 Å². The van der Waals surface area contributed by atoms with Crippen LogP contribution in [0.5, 0.6) is 0 Å². The van der Waals surface area contributed by atoms with Crippen LogP contribution in [0.1, 0.15) is 0 Å². The second-order valence-electron chi connectivity index (χ2n) is 0.945. The number of nitrogens with two attached hydrogens (primary N) is 2. The molecule has 0 fully saturated rings. The first-order chi connectivity index (χ1) is 4.00. The molecule has 0 spiro atoms. The van der Waals surface area contributed by atoms with Crippen molar-refractivity contribution in [3.8, 4) is 0 Å². The first-order valence-corrected chi connectivity index (χ1v) is 2.76. The highest BCUT2D eigenvalue weighted by Gasteiger charge is 1.69. The summed E-state index contributed by atoms with van der Waals surface area (Å²) in [6.45, 7) is 3.09. The van der Waals surface area contributed by atoms with Crippen molar-refractivity contribution in [3.63, 3.8) is 0 Å². The van der Waals surface area contributed by atoms with Crippen LogP contribution in [0.2, 0.25) is 0 Å². The summed E-state index contributed by atoms with van der Waals surface area (Å²) < 4.78 is 0.194. The Hall–Kier alpha value is -0.550. The lowest BCUT2D eigenvalue weighted by molar-refractivity contribution is -0.113. The number of hydrogen-bond donors (Lipinski definition) is 3. The van der Waals surface area contributed by atoms with Crippen LogP contribution in [0.15, 0.2) is 12.7 Å². The fourth-order valence-corrected chi connectivity index (χ4v) is 0. The van der Waals surface area contributed by atoms with Crippen LogP contribution in [0.25, 0.3) is 0 Å². The maximum absolute atomic E-state index is 9.47. The van der Waals surface area contributed by atoms with Crippen molar-refractivity contribution >= 4 is 35.1 Å². The monoisotopic (exact) mass is 164 g/mol. The first-order valence-electron chi connectivity index (χ1n) is 1.91. The van der Waals surface area contributed by atoms with E-state index < -0.39 is 5.91 Å². The Kier molecular flexibility index (Phi) is 9.33. The second-order valence-corrected chi connectivity index (χ2v) is 2.17. The highest BCUT2D eigenvalue weighted by atomic mass is 32.1. The molecule has 4 N–H and O–H groups in total. The maximum Gasteiger partial charge on any atom is 0.240 e. The highest BCUT2D eigenvalue weighted by molar-refractivity contribution is 8.10. The fourth-order valence-electron chi connectivity index (χ4n) is 0. The van der Waals surface area contributed by atoms with Gasteiger partial charge in [0.05, 0.1) is 0 Å². The molecule has 0 rings (SSSR count). The van der Waals surface area contributed by atoms with Crippen LogP contribution < -0.4 is 11.5 Å². The summed E-state index contributed by atoms with van der Waals surface area (Å²) in [7, 11) is 0. The van der Waals surface area contributed by atoms with Gasteiger partial charge in [0, 0.05) is 0 Å². The topological polar surface area (TPSA) is 69.1 Å². The van der Waals surface area contributed by atoms with Crippen molar-refractivity contribution in [2.75, 3.05) is 0 Å². The number of primary amides is 1. The lowest BCUT2D eigenvalue weighted by Gasteiger charge is -1.65. The van der Waals surface area contributed by atoms with Crippen LogP contribution >= 0.6 is 24.8 Å². The quantitative estimate of drug-likeness (QED) is 0.286. The molecule has 52 valence electrons. The van der Waals surface area contributed by atoms with Gasteiger partial charge < -0.3 is 11.5 Å². The Bertz CT molecular complexity index is 120. The third-order valence-electron chi connectivity index (χ3n) is 0.201. The lowest BCUT2D eigenvalue weighted by atomic mass is 10.6. The summed E-state index contributed by atoms with van der Waals surface area (Å²) >= 11 is 7.65. The third kappa shape index (κ3) is 105. The zero-order valence-corrected chi connectivity index (χ0v) is 6.41. The molecule has 1 amide bonds. The van der Waals surface area contributed by atoms with Gasteiger partial charge in [0.1, 0.15) is 4.32 Å². The number of thiocarbonyl (C=S) groups is 1. The molecule has 0 aromatic heterocycles. The van der Waals surface area contributed by atoms with Gasteiger partial charge in [0.15, 0.2) is 0 Å². The van der Waals surface area contributed by atoms with Gasteiger partial charge in [-0.3, -0.25) is 4.79 Å². The lowest BCUT2D eigenvalue weighted by Crippen LogP contribution is -2.04. The van der Waals surface area contributed by atoms with Crippen LogP contribution in [-0.4, -0.2) is 10.2 Å². The average molecular weight is 164 g/mol. The smallest absolute Gasteiger partial charge is 0.240 e. The third-order valence-corrected chi connectivity index (χ3v) is 0.201. The number of hydrogen-bond acceptors (Lipinski definition) is 2. The molecule has 5 heteroatoms. The van der Waals surface area contributed by atoms with E-state index in [2.05, 4.69) is 37.2 Å². The highest BCUT2D eigenvalue weighted by Crippen LogP contribution is 1.63. The van der Waals surface area contributed by atoms with Crippen LogP contribution in [0, 0.1) is 0 Å². The van der Waals surface area contributed by atoms with Crippen molar-refractivity contribution in [1.29, 1.82) is 0 Å². The minimum atomic E-state index is -0.481. The Morgan fingerprint density at radius 2 is 1.78 bits per heavy atom. The fraction of sp³-hybridized carbons (Fsp3) is 0. The van der Waals surface area contributed by atoms with Gasteiger partial charge in [-0.25, -0.2) is 0 Å². The second kappa shape index (κ2) is 7.45. The summed E-state index contributed by atoms with van der Waals surface area (Å²) in [5.74, 6) is -0.481. The molecule has 0 unspecified atom stereocenters. The van der Waals surface area contributed by atoms with E-state index in [1.54, 1.807) is 0 Å². The van der Waals surface area contributed by atoms with Crippen molar-refractivity contribution in [2.45, 2.75) is 0 Å². The van der Waals surface area contributed by atoms with E-state index in [1.165, 1.54) is 0 Å². The Morgan fingerprint density at radius 1 is 1.67 bits per heavy atom. The zero-order chi connectivity index (χ0) is 7.86. The molecular formula is C4H8N2OS2. The summed E-state index contributed by atoms with van der Waals surface area (Å²) in [6, 6.07) is 0. The van der Waals surface area contributed by atoms with Gasteiger partial charge in [0.25, 0.3) is 0 Å². The number of rotatable bonds is 1. The molecule has 0 saturated carbocycles. The first kappa shape index (κ1) is 11.3. The van der Waals surface area contributed by atoms with E-state index in [1.807, 2.05) is 0 Å². The predicted octanol–water partition coefficient (Wildman–Crippen LogP) is -0.182. The van der Waals surface area contributed by atoms with Crippen LogP contribution in [0.3, 0.4) is 0 Å². The van der Waals surface area contributed by atoms with Gasteiger partial charge in [0.2, 0.25) is 5.91 Å². The summed E-state index contributed by atoms with van der Waals surface area (Å²) in [5.41, 5.74) is 9.24. The molecule has 0 aliphatic rings. The van der Waals surface area contributed by atoms with Crippen molar-refractivity contribution in [1.82, 2.24) is 0 Å². The van der Waals surface area contributed by atoms with Crippen LogP contribution in [-0.2, 0) is 4.79 Å². The van der Waals surface area contributed by atoms with E-state index in [0.717, 1.165) is 6.08 Å². The number of carbonyl (C=O) groups excluding carboxylic acids is 1. The van der Waals surface area contributed by atoms with Crippen LogP contribution in [0.4, 0.5) is 0 Å². The van der Waals surface area contributed by atoms with Gasteiger partial charge in [-0.15, -0.1) is 12.6 Å². The van der Waals surface area contributed by atoms with Gasteiger partial charge >= 0.3 is 0 Å². The Labute approximate surface area is 64.5 Å². The van der Waals surface area contributed by atoms with Crippen molar-refractivity contribution in [3.05, 3.63) is 12.7 Å². The van der Waals surface area contributed by atoms with Gasteiger partial charge in [-0.2, -0.15) is 0 Å². The summed E-state index contributed by atoms with van der Waals surface area (Å²) in [5, 5.41) is 0. The minimum absolute atomic E-state index is 0.194. The molecule has 0 heterocycles. The summed E-state index contributed by atoms with van der Waals surface area (Å²) in [6.07, 6.45) is 1.06. The summed E-state index contributed by atoms with van der Waals surface area (Å²) in [4.78, 5) is 9.47. The molecule has 3 nitrogen and oxygen atoms in total. The Balaban J connectivity index is 0. The molecule has 0 atom stereocenters. The number of amides is 1. The van der Waals surface area contributed by atoms with E-state index in [4.69, 9.17) is 5.73 Å². The van der Waals surface area contributed by atoms with E-state index in [9.17, 15) is 4.79 Å². The largest absolute Gasteiger partial charge is 0.385 e. The number of thiol groups is 1. The SMILES string of the molecule is C=CC(N)=O.NC(=S)S. The predicted molar refractivity (Wildman–Crippen MR) is 45.2 cm³/mol. The normalized spacial score (nSPS) is 6.33. The molecule has 0 aromatic carbocycles.